The van der Waals surface area contributed by atoms with E-state index in [9.17, 15) is 4.79 Å². The fraction of sp³-hybridized carbons (Fsp3) is 0.286. The average molecular weight is 477 g/mol. The van der Waals surface area contributed by atoms with Gasteiger partial charge in [0.1, 0.15) is 0 Å². The molecule has 1 aromatic heterocycles. The topological polar surface area (TPSA) is 84.5 Å². The van der Waals surface area contributed by atoms with Gasteiger partial charge in [-0.3, -0.25) is 15.6 Å². The average Bonchev–Trinajstić information content (AvgIpc) is 3.19. The van der Waals surface area contributed by atoms with Crippen LogP contribution in [0, 0.1) is 0 Å². The largest absolute Gasteiger partial charge is 0.493 e. The highest BCUT2D eigenvalue weighted by Gasteiger charge is 2.17. The van der Waals surface area contributed by atoms with E-state index < -0.39 is 0 Å². The Balaban J connectivity index is 1.40. The summed E-state index contributed by atoms with van der Waals surface area (Å²) < 4.78 is 12.5. The van der Waals surface area contributed by atoms with Gasteiger partial charge in [-0.05, 0) is 55.4 Å². The van der Waals surface area contributed by atoms with Crippen LogP contribution in [0.25, 0.3) is 10.2 Å². The van der Waals surface area contributed by atoms with Crippen molar-refractivity contribution in [2.45, 2.75) is 22.9 Å². The molecule has 3 aromatic rings. The normalized spacial score (nSPS) is 11.6. The molecule has 0 aliphatic heterocycles. The minimum Gasteiger partial charge on any atom is -0.493 e. The number of ether oxygens (including phenoxy) is 2. The molecule has 1 amide bonds. The van der Waals surface area contributed by atoms with Crippen molar-refractivity contribution >= 4 is 56.6 Å². The van der Waals surface area contributed by atoms with Crippen LogP contribution >= 0.6 is 35.3 Å². The molecule has 10 heteroatoms. The number of benzene rings is 2. The van der Waals surface area contributed by atoms with Crippen molar-refractivity contribution < 1.29 is 14.3 Å². The molecule has 0 radical (unpaired) electrons. The lowest BCUT2D eigenvalue weighted by Gasteiger charge is -2.14. The molecule has 0 bridgehead atoms. The lowest BCUT2D eigenvalue weighted by atomic mass is 10.1. The summed E-state index contributed by atoms with van der Waals surface area (Å²) in [6, 6.07) is 13.7. The fourth-order valence-corrected chi connectivity index (χ4v) is 5.09. The second kappa shape index (κ2) is 11.2. The second-order valence-electron chi connectivity index (χ2n) is 6.52. The zero-order chi connectivity index (χ0) is 22.2. The highest BCUT2D eigenvalue weighted by Crippen LogP contribution is 2.31. The van der Waals surface area contributed by atoms with Crippen LogP contribution in [-0.4, -0.2) is 42.0 Å². The molecule has 31 heavy (non-hydrogen) atoms. The van der Waals surface area contributed by atoms with Crippen molar-refractivity contribution in [2.75, 3.05) is 20.8 Å². The van der Waals surface area contributed by atoms with Gasteiger partial charge in [0, 0.05) is 6.54 Å². The quantitative estimate of drug-likeness (QED) is 0.259. The number of fused-ring (bicyclic) bond motifs is 1. The van der Waals surface area contributed by atoms with E-state index in [1.54, 1.807) is 25.6 Å². The van der Waals surface area contributed by atoms with Gasteiger partial charge in [-0.2, -0.15) is 0 Å². The molecular weight excluding hydrogens is 452 g/mol. The highest BCUT2D eigenvalue weighted by molar-refractivity contribution is 8.02. The summed E-state index contributed by atoms with van der Waals surface area (Å²) in [7, 11) is 3.22. The molecule has 0 saturated carbocycles. The van der Waals surface area contributed by atoms with E-state index in [-0.39, 0.29) is 11.2 Å². The third-order valence-electron chi connectivity index (χ3n) is 4.37. The minimum absolute atomic E-state index is 0.173. The lowest BCUT2D eigenvalue weighted by molar-refractivity contribution is -0.120. The summed E-state index contributed by atoms with van der Waals surface area (Å²) in [4.78, 5) is 16.9. The van der Waals surface area contributed by atoms with Crippen molar-refractivity contribution in [1.82, 2.24) is 21.2 Å². The molecule has 3 rings (SSSR count). The van der Waals surface area contributed by atoms with E-state index in [1.807, 2.05) is 49.4 Å². The van der Waals surface area contributed by atoms with Crippen molar-refractivity contribution in [1.29, 1.82) is 0 Å². The maximum absolute atomic E-state index is 12.4. The molecular formula is C21H24N4O3S3. The second-order valence-corrected chi connectivity index (χ2v) is 9.54. The number of para-hydroxylation sites is 1. The first kappa shape index (κ1) is 23.1. The number of amides is 1. The third kappa shape index (κ3) is 6.46. The molecule has 3 N–H and O–H groups in total. The zero-order valence-corrected chi connectivity index (χ0v) is 19.9. The van der Waals surface area contributed by atoms with Crippen LogP contribution in [0.3, 0.4) is 0 Å². The Hall–Kier alpha value is -2.56. The Bertz CT molecular complexity index is 1020. The molecule has 0 saturated heterocycles. The van der Waals surface area contributed by atoms with Crippen LogP contribution in [0.4, 0.5) is 0 Å². The number of methoxy groups -OCH3 is 2. The molecule has 164 valence electrons. The smallest absolute Gasteiger partial charge is 0.251 e. The van der Waals surface area contributed by atoms with E-state index in [2.05, 4.69) is 21.2 Å². The van der Waals surface area contributed by atoms with Crippen molar-refractivity contribution in [3.8, 4) is 11.5 Å². The molecule has 7 nitrogen and oxygen atoms in total. The van der Waals surface area contributed by atoms with Gasteiger partial charge in [0.2, 0.25) is 0 Å². The standard InChI is InChI=1S/C21H24N4O3S3/c1-13(30-21-23-15-6-4-5-7-18(15)31-21)19(26)24-25-20(29)22-11-10-14-8-9-16(27-2)17(12-14)28-3/h4-9,12-13H,10-11H2,1-3H3,(H,24,26)(H2,22,25,29). The summed E-state index contributed by atoms with van der Waals surface area (Å²) >= 11 is 8.24. The summed E-state index contributed by atoms with van der Waals surface area (Å²) in [5, 5.41) is 3.11. The number of aromatic nitrogens is 1. The number of thiocarbonyl (C=S) groups is 1. The van der Waals surface area contributed by atoms with E-state index in [4.69, 9.17) is 21.7 Å². The van der Waals surface area contributed by atoms with Crippen LogP contribution in [-0.2, 0) is 11.2 Å². The molecule has 1 heterocycles. The number of nitrogens with zero attached hydrogens (tertiary/aromatic N) is 1. The third-order valence-corrected chi connectivity index (χ3v) is 6.84. The van der Waals surface area contributed by atoms with Crippen molar-refractivity contribution in [2.24, 2.45) is 0 Å². The SMILES string of the molecule is COc1ccc(CCNC(=S)NNC(=O)C(C)Sc2nc3ccccc3s2)cc1OC. The number of hydrazine groups is 1. The maximum Gasteiger partial charge on any atom is 0.251 e. The van der Waals surface area contributed by atoms with Crippen molar-refractivity contribution in [3.63, 3.8) is 0 Å². The van der Waals surface area contributed by atoms with Crippen LogP contribution in [0.2, 0.25) is 0 Å². The van der Waals surface area contributed by atoms with Crippen LogP contribution in [0.15, 0.2) is 46.8 Å². The zero-order valence-electron chi connectivity index (χ0n) is 17.4. The number of nitrogens with one attached hydrogen (secondary N) is 3. The fourth-order valence-electron chi connectivity index (χ4n) is 2.73. The van der Waals surface area contributed by atoms with Gasteiger partial charge >= 0.3 is 0 Å². The van der Waals surface area contributed by atoms with E-state index in [1.165, 1.54) is 11.8 Å². The van der Waals surface area contributed by atoms with Gasteiger partial charge in [0.25, 0.3) is 5.91 Å². The first-order valence-electron chi connectivity index (χ1n) is 9.57. The highest BCUT2D eigenvalue weighted by atomic mass is 32.2. The molecule has 0 fully saturated rings. The van der Waals surface area contributed by atoms with E-state index in [0.717, 1.165) is 26.5 Å². The summed E-state index contributed by atoms with van der Waals surface area (Å²) in [6.07, 6.45) is 0.736. The van der Waals surface area contributed by atoms with Gasteiger partial charge in [0.15, 0.2) is 21.0 Å². The Morgan fingerprint density at radius 1 is 1.16 bits per heavy atom. The first-order chi connectivity index (χ1) is 15.0. The molecule has 1 atom stereocenters. The molecule has 2 aromatic carbocycles. The number of carbonyl (C=O) groups excluding carboxylic acids is 1. The van der Waals surface area contributed by atoms with Gasteiger partial charge in [-0.25, -0.2) is 4.98 Å². The van der Waals surface area contributed by atoms with E-state index in [0.29, 0.717) is 23.2 Å². The van der Waals surface area contributed by atoms with Crippen LogP contribution in [0.5, 0.6) is 11.5 Å². The summed E-state index contributed by atoms with van der Waals surface area (Å²) in [5.74, 6) is 1.21. The minimum atomic E-state index is -0.317. The van der Waals surface area contributed by atoms with Gasteiger partial charge in [-0.1, -0.05) is 30.0 Å². The Morgan fingerprint density at radius 2 is 1.94 bits per heavy atom. The van der Waals surface area contributed by atoms with Crippen molar-refractivity contribution in [3.05, 3.63) is 48.0 Å². The molecule has 0 aliphatic carbocycles. The number of hydrogen-bond acceptors (Lipinski definition) is 7. The monoisotopic (exact) mass is 476 g/mol. The molecule has 0 spiro atoms. The number of thioether (sulfide) groups is 1. The first-order valence-corrected chi connectivity index (χ1v) is 11.7. The Kier molecular flexibility index (Phi) is 8.33. The van der Waals surface area contributed by atoms with Crippen LogP contribution in [0.1, 0.15) is 12.5 Å². The number of thiazole rings is 1. The Labute approximate surface area is 194 Å². The number of carbonyl (C=O) groups is 1. The number of hydrogen-bond donors (Lipinski definition) is 3. The molecule has 0 aliphatic rings. The van der Waals surface area contributed by atoms with Gasteiger partial charge < -0.3 is 14.8 Å². The lowest BCUT2D eigenvalue weighted by Crippen LogP contribution is -2.49. The molecule has 1 unspecified atom stereocenters. The van der Waals surface area contributed by atoms with E-state index >= 15 is 0 Å². The van der Waals surface area contributed by atoms with Gasteiger partial charge in [0.05, 0.1) is 29.7 Å². The number of rotatable bonds is 8. The summed E-state index contributed by atoms with van der Waals surface area (Å²) in [5.41, 5.74) is 7.42. The summed E-state index contributed by atoms with van der Waals surface area (Å²) in [6.45, 7) is 2.44. The Morgan fingerprint density at radius 3 is 2.68 bits per heavy atom. The predicted octanol–water partition coefficient (Wildman–Crippen LogP) is 3.53. The van der Waals surface area contributed by atoms with Gasteiger partial charge in [-0.15, -0.1) is 11.3 Å². The predicted molar refractivity (Wildman–Crippen MR) is 130 cm³/mol. The van der Waals surface area contributed by atoms with Crippen LogP contribution < -0.4 is 25.6 Å². The maximum atomic E-state index is 12.4.